The Balaban J connectivity index is 1.41. The van der Waals surface area contributed by atoms with Crippen molar-refractivity contribution in [3.8, 4) is 17.2 Å². The summed E-state index contributed by atoms with van der Waals surface area (Å²) in [6.07, 6.45) is 3.37. The molecule has 0 aliphatic rings. The predicted octanol–water partition coefficient (Wildman–Crippen LogP) is 3.99. The van der Waals surface area contributed by atoms with E-state index in [-0.39, 0.29) is 23.6 Å². The number of aromatic amines is 1. The fourth-order valence-corrected chi connectivity index (χ4v) is 3.52. The third-order valence-corrected chi connectivity index (χ3v) is 5.29. The Morgan fingerprint density at radius 2 is 1.75 bits per heavy atom. The number of nitrogens with zero attached hydrogens (tertiary/aromatic N) is 1. The molecule has 0 unspecified atom stereocenters. The summed E-state index contributed by atoms with van der Waals surface area (Å²) in [5.74, 6) is 1.47. The van der Waals surface area contributed by atoms with Crippen molar-refractivity contribution in [1.29, 1.82) is 0 Å². The van der Waals surface area contributed by atoms with E-state index in [9.17, 15) is 9.59 Å². The number of pyridine rings is 1. The molecule has 0 spiro atoms. The van der Waals surface area contributed by atoms with E-state index in [4.69, 9.17) is 14.2 Å². The second kappa shape index (κ2) is 9.43. The SMILES string of the molecule is COc1ccc(OCCn2ccc(=O)c(OCC(=O)c3c[nH]c4ccccc34)c2C)cc1. The van der Waals surface area contributed by atoms with Crippen molar-refractivity contribution in [1.82, 2.24) is 9.55 Å². The number of benzene rings is 2. The van der Waals surface area contributed by atoms with Gasteiger partial charge in [-0.2, -0.15) is 0 Å². The molecule has 0 aliphatic heterocycles. The molecule has 0 radical (unpaired) electrons. The average molecular weight is 432 g/mol. The van der Waals surface area contributed by atoms with E-state index in [1.54, 1.807) is 26.4 Å². The number of aromatic nitrogens is 2. The first-order valence-corrected chi connectivity index (χ1v) is 10.3. The van der Waals surface area contributed by atoms with Gasteiger partial charge in [0.15, 0.2) is 12.4 Å². The van der Waals surface area contributed by atoms with Crippen LogP contribution in [0.25, 0.3) is 10.9 Å². The minimum absolute atomic E-state index is 0.171. The Morgan fingerprint density at radius 3 is 2.53 bits per heavy atom. The molecule has 2 aromatic heterocycles. The Morgan fingerprint density at radius 1 is 1.00 bits per heavy atom. The van der Waals surface area contributed by atoms with Crippen molar-refractivity contribution in [3.05, 3.63) is 88.5 Å². The Labute approximate surface area is 185 Å². The van der Waals surface area contributed by atoms with Gasteiger partial charge < -0.3 is 23.8 Å². The molecule has 0 amide bonds. The zero-order chi connectivity index (χ0) is 22.5. The number of rotatable bonds is 9. The molecule has 0 aliphatic carbocycles. The van der Waals surface area contributed by atoms with Crippen LogP contribution in [0.3, 0.4) is 0 Å². The molecule has 7 nitrogen and oxygen atoms in total. The zero-order valence-electron chi connectivity index (χ0n) is 18.0. The van der Waals surface area contributed by atoms with Crippen LogP contribution in [0, 0.1) is 6.92 Å². The van der Waals surface area contributed by atoms with E-state index in [1.165, 1.54) is 6.07 Å². The van der Waals surface area contributed by atoms with E-state index in [0.29, 0.717) is 24.4 Å². The van der Waals surface area contributed by atoms with Crippen LogP contribution in [-0.4, -0.2) is 35.7 Å². The molecule has 0 saturated carbocycles. The van der Waals surface area contributed by atoms with Crippen molar-refractivity contribution < 1.29 is 19.0 Å². The predicted molar refractivity (Wildman–Crippen MR) is 122 cm³/mol. The number of methoxy groups -OCH3 is 1. The second-order valence-electron chi connectivity index (χ2n) is 7.27. The molecule has 7 heteroatoms. The molecule has 0 atom stereocenters. The van der Waals surface area contributed by atoms with Gasteiger partial charge in [-0.1, -0.05) is 18.2 Å². The van der Waals surface area contributed by atoms with Gasteiger partial charge in [0, 0.05) is 34.9 Å². The quantitative estimate of drug-likeness (QED) is 0.405. The number of fused-ring (bicyclic) bond motifs is 1. The lowest BCUT2D eigenvalue weighted by Crippen LogP contribution is -2.20. The number of hydrogen-bond donors (Lipinski definition) is 1. The number of ether oxygens (including phenoxy) is 3. The highest BCUT2D eigenvalue weighted by molar-refractivity contribution is 6.08. The monoisotopic (exact) mass is 432 g/mol. The van der Waals surface area contributed by atoms with Crippen LogP contribution in [-0.2, 0) is 6.54 Å². The van der Waals surface area contributed by atoms with Gasteiger partial charge in [-0.05, 0) is 37.3 Å². The summed E-state index contributed by atoms with van der Waals surface area (Å²) in [7, 11) is 1.61. The number of ketones is 1. The third kappa shape index (κ3) is 4.51. The lowest BCUT2D eigenvalue weighted by molar-refractivity contribution is 0.0921. The highest BCUT2D eigenvalue weighted by Crippen LogP contribution is 2.20. The maximum atomic E-state index is 12.7. The van der Waals surface area contributed by atoms with Gasteiger partial charge >= 0.3 is 0 Å². The maximum absolute atomic E-state index is 12.7. The van der Waals surface area contributed by atoms with E-state index >= 15 is 0 Å². The minimum atomic E-state index is -0.262. The Bertz CT molecular complexity index is 1290. The smallest absolute Gasteiger partial charge is 0.223 e. The van der Waals surface area contributed by atoms with Crippen LogP contribution in [0.2, 0.25) is 0 Å². The molecule has 164 valence electrons. The van der Waals surface area contributed by atoms with Crippen LogP contribution < -0.4 is 19.6 Å². The van der Waals surface area contributed by atoms with Gasteiger partial charge in [-0.25, -0.2) is 0 Å². The lowest BCUT2D eigenvalue weighted by atomic mass is 10.1. The number of nitrogens with one attached hydrogen (secondary N) is 1. The fraction of sp³-hybridized carbons (Fsp3) is 0.200. The first kappa shape index (κ1) is 21.2. The Hall–Kier alpha value is -4.00. The van der Waals surface area contributed by atoms with Gasteiger partial charge in [-0.15, -0.1) is 0 Å². The standard InChI is InChI=1S/C25H24N2O5/c1-17-25(32-16-24(29)21-15-26-22-6-4-3-5-20(21)22)23(28)11-12-27(17)13-14-31-19-9-7-18(30-2)8-10-19/h3-12,15,26H,13-14,16H2,1-2H3. The highest BCUT2D eigenvalue weighted by atomic mass is 16.5. The maximum Gasteiger partial charge on any atom is 0.223 e. The topological polar surface area (TPSA) is 82.5 Å². The average Bonchev–Trinajstić information content (AvgIpc) is 3.25. The molecule has 2 heterocycles. The van der Waals surface area contributed by atoms with E-state index < -0.39 is 0 Å². The molecule has 4 aromatic rings. The van der Waals surface area contributed by atoms with Crippen molar-refractivity contribution in [2.75, 3.05) is 20.3 Å². The van der Waals surface area contributed by atoms with Crippen LogP contribution in [0.1, 0.15) is 16.1 Å². The van der Waals surface area contributed by atoms with Crippen molar-refractivity contribution in [2.45, 2.75) is 13.5 Å². The molecule has 0 bridgehead atoms. The fourth-order valence-electron chi connectivity index (χ4n) is 3.52. The number of hydrogen-bond acceptors (Lipinski definition) is 5. The first-order chi connectivity index (χ1) is 15.6. The number of carbonyl (C=O) groups excluding carboxylic acids is 1. The van der Waals surface area contributed by atoms with Gasteiger partial charge in [0.1, 0.15) is 18.1 Å². The van der Waals surface area contributed by atoms with Gasteiger partial charge in [0.25, 0.3) is 0 Å². The van der Waals surface area contributed by atoms with Crippen LogP contribution in [0.4, 0.5) is 0 Å². The minimum Gasteiger partial charge on any atom is -0.497 e. The molecule has 1 N–H and O–H groups in total. The van der Waals surface area contributed by atoms with Crippen LogP contribution >= 0.6 is 0 Å². The zero-order valence-corrected chi connectivity index (χ0v) is 18.0. The summed E-state index contributed by atoms with van der Waals surface area (Å²) in [4.78, 5) is 28.1. The second-order valence-corrected chi connectivity index (χ2v) is 7.27. The summed E-state index contributed by atoms with van der Waals surface area (Å²) < 4.78 is 18.5. The van der Waals surface area contributed by atoms with E-state index in [0.717, 1.165) is 22.4 Å². The molecule has 0 fully saturated rings. The lowest BCUT2D eigenvalue weighted by Gasteiger charge is -2.15. The molecule has 0 saturated heterocycles. The third-order valence-electron chi connectivity index (χ3n) is 5.29. The first-order valence-electron chi connectivity index (χ1n) is 10.3. The molecular formula is C25H24N2O5. The normalized spacial score (nSPS) is 10.8. The number of para-hydroxylation sites is 1. The van der Waals surface area contributed by atoms with Crippen LogP contribution in [0.5, 0.6) is 17.2 Å². The summed E-state index contributed by atoms with van der Waals surface area (Å²) in [5.41, 5.74) is 1.80. The largest absolute Gasteiger partial charge is 0.497 e. The molecule has 4 rings (SSSR count). The van der Waals surface area contributed by atoms with Gasteiger partial charge in [0.05, 0.1) is 19.3 Å². The van der Waals surface area contributed by atoms with Gasteiger partial charge in [-0.3, -0.25) is 9.59 Å². The number of Topliss-reactive ketones (excluding diaryl/α,β-unsaturated/α-hetero) is 1. The number of carbonyl (C=O) groups is 1. The van der Waals surface area contributed by atoms with Crippen molar-refractivity contribution in [2.24, 2.45) is 0 Å². The number of H-pyrrole nitrogens is 1. The summed E-state index contributed by atoms with van der Waals surface area (Å²) >= 11 is 0. The van der Waals surface area contributed by atoms with Gasteiger partial charge in [0.2, 0.25) is 11.2 Å². The van der Waals surface area contributed by atoms with Crippen molar-refractivity contribution >= 4 is 16.7 Å². The van der Waals surface area contributed by atoms with E-state index in [1.807, 2.05) is 53.1 Å². The molecular weight excluding hydrogens is 408 g/mol. The summed E-state index contributed by atoms with van der Waals surface area (Å²) in [6.45, 7) is 2.50. The summed E-state index contributed by atoms with van der Waals surface area (Å²) in [5, 5.41) is 0.832. The van der Waals surface area contributed by atoms with Crippen LogP contribution in [0.15, 0.2) is 71.8 Å². The highest BCUT2D eigenvalue weighted by Gasteiger charge is 2.15. The van der Waals surface area contributed by atoms with E-state index in [2.05, 4.69) is 4.98 Å². The molecule has 2 aromatic carbocycles. The summed E-state index contributed by atoms with van der Waals surface area (Å²) in [6, 6.07) is 16.3. The van der Waals surface area contributed by atoms with Crippen molar-refractivity contribution in [3.63, 3.8) is 0 Å². The molecule has 32 heavy (non-hydrogen) atoms. The Kier molecular flexibility index (Phi) is 6.26.